The third kappa shape index (κ3) is 5.77. The van der Waals surface area contributed by atoms with Crippen LogP contribution in [0, 0.1) is 13.8 Å². The number of aromatic nitrogens is 1. The zero-order valence-electron chi connectivity index (χ0n) is 6.59. The molecule has 0 aliphatic carbocycles. The van der Waals surface area contributed by atoms with Crippen LogP contribution in [0.5, 0.6) is 0 Å². The summed E-state index contributed by atoms with van der Waals surface area (Å²) >= 11 is 0. The summed E-state index contributed by atoms with van der Waals surface area (Å²) in [6, 6.07) is 5.57. The Labute approximate surface area is 147 Å². The molecule has 10 heavy (non-hydrogen) atoms. The second kappa shape index (κ2) is 7.79. The molecule has 0 aliphatic heterocycles. The van der Waals surface area contributed by atoms with Crippen molar-refractivity contribution < 1.29 is 103 Å². The van der Waals surface area contributed by atoms with Gasteiger partial charge in [0, 0.05) is 0 Å². The SMILES string of the molecule is [CH2-]c1cccc([CH2-])n1.[K+].[K+]. The molecule has 1 aromatic heterocycles. The Hall–Kier alpha value is 2.16. The fourth-order valence-corrected chi connectivity index (χ4v) is 0.529. The van der Waals surface area contributed by atoms with Crippen molar-refractivity contribution >= 4 is 0 Å². The first-order valence-electron chi connectivity index (χ1n) is 2.40. The van der Waals surface area contributed by atoms with Gasteiger partial charge in [0.25, 0.3) is 0 Å². The van der Waals surface area contributed by atoms with Crippen LogP contribution in [0.3, 0.4) is 0 Å². The van der Waals surface area contributed by atoms with Gasteiger partial charge in [-0.25, -0.2) is 32.0 Å². The minimum Gasteiger partial charge on any atom is -0.327 e. The summed E-state index contributed by atoms with van der Waals surface area (Å²) in [7, 11) is 0. The molecule has 0 N–H and O–H groups in total. The zero-order valence-corrected chi connectivity index (χ0v) is 12.8. The second-order valence-electron chi connectivity index (χ2n) is 1.62. The number of hydrogen-bond donors (Lipinski definition) is 0. The maximum Gasteiger partial charge on any atom is 1.00 e. The van der Waals surface area contributed by atoms with Crippen molar-refractivity contribution in [1.29, 1.82) is 0 Å². The molecule has 42 valence electrons. The topological polar surface area (TPSA) is 12.9 Å². The van der Waals surface area contributed by atoms with Gasteiger partial charge in [-0.05, 0) is 0 Å². The molecular weight excluding hydrogens is 176 g/mol. The number of rotatable bonds is 0. The molecule has 0 fully saturated rings. The third-order valence-electron chi connectivity index (χ3n) is 0.864. The standard InChI is InChI=1S/C7H7N.2K/c1-6-4-3-5-7(2)8-6;;/h3-5H,1-2H2;;/q-2;2*+1. The molecule has 1 aromatic rings. The summed E-state index contributed by atoms with van der Waals surface area (Å²) in [5.41, 5.74) is 1.55. The molecule has 1 heterocycles. The van der Waals surface area contributed by atoms with Crippen LogP contribution in [-0.2, 0) is 0 Å². The van der Waals surface area contributed by atoms with E-state index in [1.807, 2.05) is 18.2 Å². The van der Waals surface area contributed by atoms with E-state index in [1.165, 1.54) is 0 Å². The maximum absolute atomic E-state index is 3.95. The van der Waals surface area contributed by atoms with Crippen LogP contribution in [0.15, 0.2) is 18.2 Å². The van der Waals surface area contributed by atoms with Gasteiger partial charge in [-0.1, -0.05) is 0 Å². The quantitative estimate of drug-likeness (QED) is 0.292. The summed E-state index contributed by atoms with van der Waals surface area (Å²) in [5.74, 6) is 0. The normalized spacial score (nSPS) is 7.20. The van der Waals surface area contributed by atoms with E-state index >= 15 is 0 Å². The Kier molecular flexibility index (Phi) is 11.4. The summed E-state index contributed by atoms with van der Waals surface area (Å²) in [4.78, 5) is 3.95. The van der Waals surface area contributed by atoms with Crippen LogP contribution in [0.25, 0.3) is 0 Å². The molecule has 0 saturated heterocycles. The van der Waals surface area contributed by atoms with Crippen LogP contribution in [0.4, 0.5) is 0 Å². The Morgan fingerprint density at radius 1 is 1.00 bits per heavy atom. The average Bonchev–Trinajstić information content (AvgIpc) is 1.64. The summed E-state index contributed by atoms with van der Waals surface area (Å²) in [5, 5.41) is 0. The number of hydrogen-bond acceptors (Lipinski definition) is 1. The molecule has 1 nitrogen and oxygen atoms in total. The Bertz CT molecular complexity index is 171. The van der Waals surface area contributed by atoms with E-state index < -0.39 is 0 Å². The zero-order chi connectivity index (χ0) is 5.98. The van der Waals surface area contributed by atoms with E-state index in [4.69, 9.17) is 0 Å². The van der Waals surface area contributed by atoms with Gasteiger partial charge in [-0.15, -0.1) is 11.4 Å². The van der Waals surface area contributed by atoms with E-state index in [0.29, 0.717) is 0 Å². The van der Waals surface area contributed by atoms with Crippen molar-refractivity contribution in [2.45, 2.75) is 0 Å². The van der Waals surface area contributed by atoms with Crippen molar-refractivity contribution in [2.24, 2.45) is 0 Å². The second-order valence-corrected chi connectivity index (χ2v) is 1.62. The monoisotopic (exact) mass is 183 g/mol. The largest absolute Gasteiger partial charge is 1.00 e. The molecule has 0 bridgehead atoms. The van der Waals surface area contributed by atoms with Crippen LogP contribution in [0.2, 0.25) is 0 Å². The van der Waals surface area contributed by atoms with Gasteiger partial charge in [-0.2, -0.15) is 0 Å². The van der Waals surface area contributed by atoms with E-state index in [1.54, 1.807) is 0 Å². The van der Waals surface area contributed by atoms with E-state index in [2.05, 4.69) is 18.8 Å². The van der Waals surface area contributed by atoms with Crippen LogP contribution < -0.4 is 103 Å². The fourth-order valence-electron chi connectivity index (χ4n) is 0.529. The number of pyridine rings is 1. The molecule has 0 spiro atoms. The van der Waals surface area contributed by atoms with Gasteiger partial charge < -0.3 is 4.98 Å². The van der Waals surface area contributed by atoms with Crippen molar-refractivity contribution in [2.75, 3.05) is 0 Å². The summed E-state index contributed by atoms with van der Waals surface area (Å²) in [6.45, 7) is 7.26. The molecule has 0 amide bonds. The van der Waals surface area contributed by atoms with E-state index in [-0.39, 0.29) is 103 Å². The van der Waals surface area contributed by atoms with Gasteiger partial charge in [0.2, 0.25) is 0 Å². The van der Waals surface area contributed by atoms with E-state index in [0.717, 1.165) is 11.4 Å². The van der Waals surface area contributed by atoms with Crippen molar-refractivity contribution in [3.63, 3.8) is 0 Å². The third-order valence-corrected chi connectivity index (χ3v) is 0.864. The molecule has 0 saturated carbocycles. The fraction of sp³-hybridized carbons (Fsp3) is 0. The predicted octanol–water partition coefficient (Wildman–Crippen LogP) is -4.55. The predicted molar refractivity (Wildman–Crippen MR) is 33.2 cm³/mol. The van der Waals surface area contributed by atoms with E-state index in [9.17, 15) is 0 Å². The average molecular weight is 183 g/mol. The van der Waals surface area contributed by atoms with Crippen LogP contribution in [-0.4, -0.2) is 4.98 Å². The van der Waals surface area contributed by atoms with Gasteiger partial charge >= 0.3 is 103 Å². The molecule has 0 aliphatic rings. The first-order valence-corrected chi connectivity index (χ1v) is 2.40. The molecule has 3 heteroatoms. The summed E-state index contributed by atoms with van der Waals surface area (Å²) < 4.78 is 0. The smallest absolute Gasteiger partial charge is 0.327 e. The molecule has 1 rings (SSSR count). The van der Waals surface area contributed by atoms with Gasteiger partial charge in [-0.3, -0.25) is 0 Å². The number of nitrogens with zero attached hydrogens (tertiary/aromatic N) is 1. The van der Waals surface area contributed by atoms with Gasteiger partial charge in [0.15, 0.2) is 0 Å². The Morgan fingerprint density at radius 2 is 1.40 bits per heavy atom. The van der Waals surface area contributed by atoms with Crippen molar-refractivity contribution in [3.8, 4) is 0 Å². The first kappa shape index (κ1) is 14.7. The van der Waals surface area contributed by atoms with Crippen molar-refractivity contribution in [1.82, 2.24) is 4.98 Å². The Balaban J connectivity index is 0. The first-order chi connectivity index (χ1) is 3.79. The molecule has 0 unspecified atom stereocenters. The Morgan fingerprint density at radius 3 is 1.60 bits per heavy atom. The molecular formula is C7H7K2N. The minimum atomic E-state index is 0. The molecule has 0 aromatic carbocycles. The van der Waals surface area contributed by atoms with Crippen LogP contribution >= 0.6 is 0 Å². The van der Waals surface area contributed by atoms with Crippen LogP contribution in [0.1, 0.15) is 11.4 Å². The summed E-state index contributed by atoms with van der Waals surface area (Å²) in [6.07, 6.45) is 0. The minimum absolute atomic E-state index is 0. The van der Waals surface area contributed by atoms with Gasteiger partial charge in [0.05, 0.1) is 0 Å². The molecule has 0 atom stereocenters. The van der Waals surface area contributed by atoms with Crippen molar-refractivity contribution in [3.05, 3.63) is 43.4 Å². The van der Waals surface area contributed by atoms with Gasteiger partial charge in [0.1, 0.15) is 0 Å². The molecule has 0 radical (unpaired) electrons. The maximum atomic E-state index is 3.95.